The minimum absolute atomic E-state index is 0.155. The number of halogens is 2. The molecule has 1 aromatic carbocycles. The maximum Gasteiger partial charge on any atom is 0.188 e. The van der Waals surface area contributed by atoms with Gasteiger partial charge in [-0.1, -0.05) is 13.0 Å². The second-order valence-electron chi connectivity index (χ2n) is 5.01. The Balaban J connectivity index is 2.12. The molecular weight excluding hydrogens is 248 g/mol. The molecule has 1 saturated carbocycles. The molecule has 19 heavy (non-hydrogen) atoms. The lowest BCUT2D eigenvalue weighted by atomic mass is 9.95. The fourth-order valence-electron chi connectivity index (χ4n) is 2.19. The summed E-state index contributed by atoms with van der Waals surface area (Å²) in [6.07, 6.45) is 2.44. The smallest absolute Gasteiger partial charge is 0.188 e. The molecule has 1 aliphatic carbocycles. The minimum Gasteiger partial charge on any atom is -0.370 e. The van der Waals surface area contributed by atoms with Crippen LogP contribution >= 0.6 is 0 Å². The molecule has 1 aromatic rings. The van der Waals surface area contributed by atoms with Crippen LogP contribution in [-0.2, 0) is 5.41 Å². The molecule has 0 amide bonds. The van der Waals surface area contributed by atoms with E-state index < -0.39 is 17.0 Å². The average molecular weight is 267 g/mol. The van der Waals surface area contributed by atoms with Gasteiger partial charge in [0.2, 0.25) is 0 Å². The van der Waals surface area contributed by atoms with E-state index in [-0.39, 0.29) is 5.56 Å². The molecule has 5 heteroatoms. The van der Waals surface area contributed by atoms with Crippen LogP contribution in [0.1, 0.15) is 31.7 Å². The van der Waals surface area contributed by atoms with Crippen LogP contribution < -0.4 is 11.1 Å². The molecule has 3 N–H and O–H groups in total. The minimum atomic E-state index is -0.506. The highest BCUT2D eigenvalue weighted by Crippen LogP contribution is 2.50. The van der Waals surface area contributed by atoms with Gasteiger partial charge in [0.15, 0.2) is 5.96 Å². The number of nitrogens with one attached hydrogen (secondary N) is 1. The van der Waals surface area contributed by atoms with Gasteiger partial charge in [-0.15, -0.1) is 0 Å². The number of aliphatic imine (C=N–C) groups is 1. The highest BCUT2D eigenvalue weighted by Gasteiger charge is 2.47. The SMILES string of the molecule is CCCNC(N)=NCC1(c2c(F)cccc2F)CC1. The molecule has 0 unspecified atom stereocenters. The van der Waals surface area contributed by atoms with Gasteiger partial charge in [0, 0.05) is 17.5 Å². The lowest BCUT2D eigenvalue weighted by Gasteiger charge is -2.15. The number of nitrogens with two attached hydrogens (primary N) is 1. The summed E-state index contributed by atoms with van der Waals surface area (Å²) in [5.74, 6) is -0.648. The van der Waals surface area contributed by atoms with Crippen LogP contribution in [0.2, 0.25) is 0 Å². The number of hydrogen-bond acceptors (Lipinski definition) is 1. The van der Waals surface area contributed by atoms with Gasteiger partial charge in [-0.05, 0) is 31.4 Å². The standard InChI is InChI=1S/C14H19F2N3/c1-2-8-18-13(17)19-9-14(6-7-14)12-10(15)4-3-5-11(12)16/h3-5H,2,6-9H2,1H3,(H3,17,18,19). The van der Waals surface area contributed by atoms with E-state index in [4.69, 9.17) is 5.73 Å². The van der Waals surface area contributed by atoms with Gasteiger partial charge >= 0.3 is 0 Å². The molecule has 1 fully saturated rings. The zero-order chi connectivity index (χ0) is 13.9. The summed E-state index contributed by atoms with van der Waals surface area (Å²) < 4.78 is 27.6. The van der Waals surface area contributed by atoms with Crippen molar-refractivity contribution in [3.05, 3.63) is 35.4 Å². The Morgan fingerprint density at radius 3 is 2.53 bits per heavy atom. The van der Waals surface area contributed by atoms with Gasteiger partial charge in [-0.2, -0.15) is 0 Å². The van der Waals surface area contributed by atoms with Crippen molar-refractivity contribution >= 4 is 5.96 Å². The molecular formula is C14H19F2N3. The topological polar surface area (TPSA) is 50.4 Å². The number of benzene rings is 1. The summed E-state index contributed by atoms with van der Waals surface area (Å²) in [4.78, 5) is 4.20. The van der Waals surface area contributed by atoms with Gasteiger partial charge in [0.25, 0.3) is 0 Å². The fraction of sp³-hybridized carbons (Fsp3) is 0.500. The monoisotopic (exact) mass is 267 g/mol. The van der Waals surface area contributed by atoms with E-state index in [0.717, 1.165) is 25.8 Å². The zero-order valence-electron chi connectivity index (χ0n) is 11.0. The first kappa shape index (κ1) is 13.8. The highest BCUT2D eigenvalue weighted by molar-refractivity contribution is 5.77. The molecule has 0 aromatic heterocycles. The van der Waals surface area contributed by atoms with E-state index in [1.807, 2.05) is 6.92 Å². The van der Waals surface area contributed by atoms with E-state index in [1.165, 1.54) is 18.2 Å². The van der Waals surface area contributed by atoms with Crippen LogP contribution in [-0.4, -0.2) is 19.0 Å². The Bertz CT molecular complexity index is 461. The number of rotatable bonds is 5. The molecule has 0 atom stereocenters. The Kier molecular flexibility index (Phi) is 4.02. The molecule has 0 spiro atoms. The van der Waals surface area contributed by atoms with Gasteiger partial charge in [-0.25, -0.2) is 8.78 Å². The summed E-state index contributed by atoms with van der Waals surface area (Å²) in [7, 11) is 0. The highest BCUT2D eigenvalue weighted by atomic mass is 19.1. The van der Waals surface area contributed by atoms with Crippen LogP contribution in [0.4, 0.5) is 8.78 Å². The Hall–Kier alpha value is -1.65. The van der Waals surface area contributed by atoms with E-state index in [0.29, 0.717) is 12.5 Å². The molecule has 0 saturated heterocycles. The van der Waals surface area contributed by atoms with Crippen molar-refractivity contribution in [3.63, 3.8) is 0 Å². The lowest BCUT2D eigenvalue weighted by molar-refractivity contribution is 0.517. The second kappa shape index (κ2) is 5.55. The van der Waals surface area contributed by atoms with Gasteiger partial charge in [-0.3, -0.25) is 4.99 Å². The molecule has 3 nitrogen and oxygen atoms in total. The summed E-state index contributed by atoms with van der Waals surface area (Å²) in [5.41, 5.74) is 5.35. The molecule has 0 aliphatic heterocycles. The summed E-state index contributed by atoms with van der Waals surface area (Å²) in [6, 6.07) is 3.96. The normalized spacial score (nSPS) is 17.3. The van der Waals surface area contributed by atoms with Crippen LogP contribution in [0.5, 0.6) is 0 Å². The van der Waals surface area contributed by atoms with Crippen molar-refractivity contribution in [3.8, 4) is 0 Å². The van der Waals surface area contributed by atoms with Gasteiger partial charge in [0.05, 0.1) is 6.54 Å². The Labute approximate surface area is 111 Å². The van der Waals surface area contributed by atoms with Crippen LogP contribution in [0.25, 0.3) is 0 Å². The third-order valence-electron chi connectivity index (χ3n) is 3.45. The quantitative estimate of drug-likeness (QED) is 0.635. The first-order chi connectivity index (χ1) is 9.09. The van der Waals surface area contributed by atoms with Crippen molar-refractivity contribution < 1.29 is 8.78 Å². The van der Waals surface area contributed by atoms with Crippen LogP contribution in [0, 0.1) is 11.6 Å². The van der Waals surface area contributed by atoms with Crippen molar-refractivity contribution in [2.24, 2.45) is 10.7 Å². The Morgan fingerprint density at radius 1 is 1.37 bits per heavy atom. The third kappa shape index (κ3) is 3.03. The molecule has 104 valence electrons. The molecule has 0 radical (unpaired) electrons. The van der Waals surface area contributed by atoms with Crippen LogP contribution in [0.3, 0.4) is 0 Å². The summed E-state index contributed by atoms with van der Waals surface area (Å²) >= 11 is 0. The molecule has 0 bridgehead atoms. The Morgan fingerprint density at radius 2 is 2.00 bits per heavy atom. The van der Waals surface area contributed by atoms with Crippen LogP contribution in [0.15, 0.2) is 23.2 Å². The maximum atomic E-state index is 13.8. The predicted molar refractivity (Wildman–Crippen MR) is 72.1 cm³/mol. The summed E-state index contributed by atoms with van der Waals surface area (Å²) in [6.45, 7) is 3.10. The number of guanidine groups is 1. The number of hydrogen-bond donors (Lipinski definition) is 2. The first-order valence-corrected chi connectivity index (χ1v) is 6.57. The first-order valence-electron chi connectivity index (χ1n) is 6.57. The van der Waals surface area contributed by atoms with E-state index in [1.54, 1.807) is 0 Å². The second-order valence-corrected chi connectivity index (χ2v) is 5.01. The van der Waals surface area contributed by atoms with Crippen molar-refractivity contribution in [2.75, 3.05) is 13.1 Å². The van der Waals surface area contributed by atoms with E-state index in [2.05, 4.69) is 10.3 Å². The molecule has 2 rings (SSSR count). The third-order valence-corrected chi connectivity index (χ3v) is 3.45. The number of nitrogens with zero attached hydrogens (tertiary/aromatic N) is 1. The van der Waals surface area contributed by atoms with Crippen molar-refractivity contribution in [2.45, 2.75) is 31.6 Å². The predicted octanol–water partition coefficient (Wildman–Crippen LogP) is 2.31. The maximum absolute atomic E-state index is 13.8. The average Bonchev–Trinajstić information content (AvgIpc) is 3.15. The van der Waals surface area contributed by atoms with E-state index in [9.17, 15) is 8.78 Å². The van der Waals surface area contributed by atoms with Crippen molar-refractivity contribution in [1.82, 2.24) is 5.32 Å². The van der Waals surface area contributed by atoms with Crippen molar-refractivity contribution in [1.29, 1.82) is 0 Å². The summed E-state index contributed by atoms with van der Waals surface area (Å²) in [5, 5.41) is 2.95. The van der Waals surface area contributed by atoms with E-state index >= 15 is 0 Å². The molecule has 1 aliphatic rings. The fourth-order valence-corrected chi connectivity index (χ4v) is 2.19. The largest absolute Gasteiger partial charge is 0.370 e. The zero-order valence-corrected chi connectivity index (χ0v) is 11.0. The lowest BCUT2D eigenvalue weighted by Crippen LogP contribution is -2.33. The van der Waals surface area contributed by atoms with Gasteiger partial charge < -0.3 is 11.1 Å². The van der Waals surface area contributed by atoms with Gasteiger partial charge in [0.1, 0.15) is 11.6 Å². The molecule has 0 heterocycles.